The fourth-order valence-corrected chi connectivity index (χ4v) is 9.64. The molecular formula is C32H49NO5. The normalized spacial score (nSPS) is 39.4. The maximum absolute atomic E-state index is 12.4. The molecule has 0 spiro atoms. The first-order valence-electron chi connectivity index (χ1n) is 15.5. The standard InChI is InChI=1S/C32H49NO5/c1-20(2)7-6-8-21(3)25-11-12-26-24-10-9-22-19-23(37-30(36)38-33-28(34)13-14-29(33)35)15-17-31(22,4)27(24)16-18-32(25,26)5/h9,20-21,23-27H,6-8,10-19H2,1-5H3/t21-,23+,24+,25-,26+,27+,31+,32-/m1/s1. The second-order valence-electron chi connectivity index (χ2n) is 14.2. The largest absolute Gasteiger partial charge is 0.534 e. The Bertz CT molecular complexity index is 957. The lowest BCUT2D eigenvalue weighted by molar-refractivity contribution is -0.179. The van der Waals surface area contributed by atoms with Crippen LogP contribution < -0.4 is 0 Å². The summed E-state index contributed by atoms with van der Waals surface area (Å²) >= 11 is 0. The molecule has 3 saturated carbocycles. The van der Waals surface area contributed by atoms with E-state index in [0.717, 1.165) is 55.3 Å². The van der Waals surface area contributed by atoms with Crippen molar-refractivity contribution in [1.29, 1.82) is 0 Å². The van der Waals surface area contributed by atoms with Gasteiger partial charge in [-0.05, 0) is 91.3 Å². The van der Waals surface area contributed by atoms with Crippen LogP contribution in [0.1, 0.15) is 118 Å². The summed E-state index contributed by atoms with van der Waals surface area (Å²) in [5.74, 6) is 3.84. The van der Waals surface area contributed by atoms with Gasteiger partial charge in [0.15, 0.2) is 0 Å². The van der Waals surface area contributed by atoms with E-state index in [0.29, 0.717) is 16.4 Å². The lowest BCUT2D eigenvalue weighted by Gasteiger charge is -2.58. The molecule has 1 saturated heterocycles. The number of hydrogen-bond donors (Lipinski definition) is 0. The third-order valence-corrected chi connectivity index (χ3v) is 11.7. The maximum atomic E-state index is 12.4. The van der Waals surface area contributed by atoms with Crippen LogP contribution in [-0.2, 0) is 19.2 Å². The number of amides is 2. The number of carbonyl (C=O) groups excluding carboxylic acids is 3. The average molecular weight is 528 g/mol. The van der Waals surface area contributed by atoms with Crippen molar-refractivity contribution in [2.75, 3.05) is 0 Å². The molecule has 0 radical (unpaired) electrons. The smallest absolute Gasteiger partial charge is 0.429 e. The van der Waals surface area contributed by atoms with Crippen LogP contribution in [-0.4, -0.2) is 29.1 Å². The lowest BCUT2D eigenvalue weighted by atomic mass is 9.47. The zero-order valence-corrected chi connectivity index (χ0v) is 24.3. The molecule has 0 aromatic heterocycles. The lowest BCUT2D eigenvalue weighted by Crippen LogP contribution is -2.51. The SMILES string of the molecule is CC(C)CCC[C@@H](C)[C@H]1CC[C@H]2[C@@H]3CC=C4C[C@@H](OC(=O)ON5C(=O)CCC5=O)CC[C@]4(C)[C@H]3CC[C@]12C. The first kappa shape index (κ1) is 27.7. The quantitative estimate of drug-likeness (QED) is 0.193. The topological polar surface area (TPSA) is 72.9 Å². The molecule has 1 heterocycles. The molecule has 0 unspecified atom stereocenters. The van der Waals surface area contributed by atoms with Gasteiger partial charge in [-0.25, -0.2) is 4.79 Å². The fraction of sp³-hybridized carbons (Fsp3) is 0.844. The van der Waals surface area contributed by atoms with Gasteiger partial charge in [-0.15, -0.1) is 0 Å². The van der Waals surface area contributed by atoms with Crippen molar-refractivity contribution in [2.24, 2.45) is 46.3 Å². The number of allylic oxidation sites excluding steroid dienone is 1. The molecule has 1 aliphatic heterocycles. The molecule has 5 rings (SSSR count). The summed E-state index contributed by atoms with van der Waals surface area (Å²) < 4.78 is 5.60. The number of imide groups is 1. The summed E-state index contributed by atoms with van der Waals surface area (Å²) in [5.41, 5.74) is 2.10. The Morgan fingerprint density at radius 2 is 1.74 bits per heavy atom. The van der Waals surface area contributed by atoms with Gasteiger partial charge in [-0.1, -0.05) is 70.6 Å². The number of rotatable bonds is 7. The molecule has 0 aromatic carbocycles. The van der Waals surface area contributed by atoms with E-state index in [1.165, 1.54) is 50.5 Å². The van der Waals surface area contributed by atoms with Gasteiger partial charge in [0, 0.05) is 19.3 Å². The van der Waals surface area contributed by atoms with Crippen molar-refractivity contribution in [3.63, 3.8) is 0 Å². The van der Waals surface area contributed by atoms with E-state index in [1.807, 2.05) is 0 Å². The molecule has 212 valence electrons. The van der Waals surface area contributed by atoms with Gasteiger partial charge in [0.25, 0.3) is 11.8 Å². The van der Waals surface area contributed by atoms with Gasteiger partial charge < -0.3 is 4.74 Å². The minimum atomic E-state index is -0.940. The number of hydrogen-bond acceptors (Lipinski definition) is 5. The van der Waals surface area contributed by atoms with E-state index >= 15 is 0 Å². The molecule has 4 fully saturated rings. The molecule has 2 amide bonds. The van der Waals surface area contributed by atoms with E-state index in [2.05, 4.69) is 40.7 Å². The van der Waals surface area contributed by atoms with Crippen LogP contribution in [0.4, 0.5) is 4.79 Å². The third kappa shape index (κ3) is 4.94. The minimum absolute atomic E-state index is 0.0845. The monoisotopic (exact) mass is 527 g/mol. The summed E-state index contributed by atoms with van der Waals surface area (Å²) in [5, 5.41) is 0.568. The Labute approximate surface area is 229 Å². The molecule has 0 aromatic rings. The van der Waals surface area contributed by atoms with Crippen LogP contribution in [0.15, 0.2) is 11.6 Å². The molecule has 4 aliphatic carbocycles. The molecule has 38 heavy (non-hydrogen) atoms. The molecule has 6 nitrogen and oxygen atoms in total. The van der Waals surface area contributed by atoms with E-state index < -0.39 is 18.0 Å². The van der Waals surface area contributed by atoms with Gasteiger partial charge in [0.1, 0.15) is 6.10 Å². The summed E-state index contributed by atoms with van der Waals surface area (Å²) in [6, 6.07) is 0. The first-order chi connectivity index (χ1) is 18.0. The average Bonchev–Trinajstić information content (AvgIpc) is 3.38. The van der Waals surface area contributed by atoms with Gasteiger partial charge in [-0.3, -0.25) is 14.4 Å². The van der Waals surface area contributed by atoms with Crippen molar-refractivity contribution < 1.29 is 24.0 Å². The second kappa shape index (κ2) is 10.6. The molecule has 6 heteroatoms. The predicted molar refractivity (Wildman–Crippen MR) is 145 cm³/mol. The fourth-order valence-electron chi connectivity index (χ4n) is 9.64. The molecular weight excluding hydrogens is 478 g/mol. The highest BCUT2D eigenvalue weighted by Crippen LogP contribution is 2.67. The first-order valence-corrected chi connectivity index (χ1v) is 15.5. The van der Waals surface area contributed by atoms with Crippen molar-refractivity contribution >= 4 is 18.0 Å². The van der Waals surface area contributed by atoms with E-state index in [4.69, 9.17) is 9.57 Å². The highest BCUT2D eigenvalue weighted by atomic mass is 16.8. The van der Waals surface area contributed by atoms with E-state index in [-0.39, 0.29) is 24.4 Å². The highest BCUT2D eigenvalue weighted by molar-refractivity contribution is 6.01. The van der Waals surface area contributed by atoms with Crippen molar-refractivity contribution in [1.82, 2.24) is 5.06 Å². The predicted octanol–water partition coefficient (Wildman–Crippen LogP) is 7.61. The summed E-state index contributed by atoms with van der Waals surface area (Å²) in [4.78, 5) is 40.9. The van der Waals surface area contributed by atoms with Crippen LogP contribution in [0, 0.1) is 46.3 Å². The van der Waals surface area contributed by atoms with E-state index in [1.54, 1.807) is 0 Å². The molecule has 5 aliphatic rings. The zero-order valence-electron chi connectivity index (χ0n) is 24.3. The van der Waals surface area contributed by atoms with Gasteiger partial charge >= 0.3 is 6.16 Å². The Kier molecular flexibility index (Phi) is 7.74. The summed E-state index contributed by atoms with van der Waals surface area (Å²) in [6.07, 6.45) is 14.7. The Balaban J connectivity index is 1.21. The van der Waals surface area contributed by atoms with Crippen molar-refractivity contribution in [3.8, 4) is 0 Å². The zero-order chi connectivity index (χ0) is 27.2. The van der Waals surface area contributed by atoms with Crippen molar-refractivity contribution in [3.05, 3.63) is 11.6 Å². The molecule has 0 bridgehead atoms. The number of nitrogens with zero attached hydrogens (tertiary/aromatic N) is 1. The Hall–Kier alpha value is -1.85. The van der Waals surface area contributed by atoms with Crippen LogP contribution in [0.5, 0.6) is 0 Å². The van der Waals surface area contributed by atoms with Crippen LogP contribution >= 0.6 is 0 Å². The van der Waals surface area contributed by atoms with Crippen LogP contribution in [0.25, 0.3) is 0 Å². The minimum Gasteiger partial charge on any atom is -0.429 e. The number of hydroxylamine groups is 2. The Morgan fingerprint density at radius 1 is 1.00 bits per heavy atom. The molecule has 0 N–H and O–H groups in total. The maximum Gasteiger partial charge on any atom is 0.534 e. The highest BCUT2D eigenvalue weighted by Gasteiger charge is 2.59. The van der Waals surface area contributed by atoms with Gasteiger partial charge in [0.05, 0.1) is 0 Å². The van der Waals surface area contributed by atoms with Crippen LogP contribution in [0.2, 0.25) is 0 Å². The number of ether oxygens (including phenoxy) is 1. The van der Waals surface area contributed by atoms with Gasteiger partial charge in [-0.2, -0.15) is 0 Å². The van der Waals surface area contributed by atoms with E-state index in [9.17, 15) is 14.4 Å². The summed E-state index contributed by atoms with van der Waals surface area (Å²) in [6.45, 7) is 12.3. The second-order valence-corrected chi connectivity index (χ2v) is 14.2. The summed E-state index contributed by atoms with van der Waals surface area (Å²) in [7, 11) is 0. The van der Waals surface area contributed by atoms with Gasteiger partial charge in [0.2, 0.25) is 0 Å². The van der Waals surface area contributed by atoms with Crippen LogP contribution in [0.3, 0.4) is 0 Å². The third-order valence-electron chi connectivity index (χ3n) is 11.7. The molecule has 8 atom stereocenters. The Morgan fingerprint density at radius 3 is 2.45 bits per heavy atom. The van der Waals surface area contributed by atoms with Crippen molar-refractivity contribution in [2.45, 2.75) is 124 Å². The number of carbonyl (C=O) groups is 3. The number of fused-ring (bicyclic) bond motifs is 5.